The van der Waals surface area contributed by atoms with Crippen LogP contribution in [0.15, 0.2) is 58.5 Å². The number of halogens is 1. The lowest BCUT2D eigenvalue weighted by atomic mass is 10.1. The first-order valence-corrected chi connectivity index (χ1v) is 8.06. The van der Waals surface area contributed by atoms with Gasteiger partial charge >= 0.3 is 0 Å². The van der Waals surface area contributed by atoms with Crippen LogP contribution in [0.5, 0.6) is 0 Å². The SMILES string of the molecule is CCc1ccc(NN=C(Cl)c2ccccc2)c(SC)c1. The fourth-order valence-corrected chi connectivity index (χ4v) is 2.57. The maximum Gasteiger partial charge on any atom is 0.156 e. The van der Waals surface area contributed by atoms with Crippen molar-refractivity contribution in [3.05, 3.63) is 59.7 Å². The lowest BCUT2D eigenvalue weighted by Gasteiger charge is -2.09. The summed E-state index contributed by atoms with van der Waals surface area (Å²) in [4.78, 5) is 1.17. The van der Waals surface area contributed by atoms with Crippen LogP contribution >= 0.6 is 23.4 Å². The molecule has 0 atom stereocenters. The Morgan fingerprint density at radius 2 is 1.95 bits per heavy atom. The van der Waals surface area contributed by atoms with Gasteiger partial charge in [-0.2, -0.15) is 5.10 Å². The van der Waals surface area contributed by atoms with E-state index in [-0.39, 0.29) is 0 Å². The zero-order valence-corrected chi connectivity index (χ0v) is 13.1. The normalized spacial score (nSPS) is 11.4. The Kier molecular flexibility index (Phi) is 5.50. The molecule has 0 aliphatic rings. The zero-order valence-electron chi connectivity index (χ0n) is 11.6. The Labute approximate surface area is 129 Å². The van der Waals surface area contributed by atoms with Crippen LogP contribution in [0.2, 0.25) is 0 Å². The summed E-state index contributed by atoms with van der Waals surface area (Å²) in [5.74, 6) is 0. The van der Waals surface area contributed by atoms with E-state index in [0.29, 0.717) is 5.17 Å². The van der Waals surface area contributed by atoms with Gasteiger partial charge in [0.05, 0.1) is 5.69 Å². The van der Waals surface area contributed by atoms with Crippen molar-refractivity contribution in [2.24, 2.45) is 5.10 Å². The summed E-state index contributed by atoms with van der Waals surface area (Å²) in [6.07, 6.45) is 3.09. The van der Waals surface area contributed by atoms with Gasteiger partial charge in [-0.05, 0) is 30.4 Å². The molecule has 2 aromatic carbocycles. The Hall–Kier alpha value is -1.45. The molecule has 104 valence electrons. The Morgan fingerprint density at radius 3 is 2.60 bits per heavy atom. The molecule has 4 heteroatoms. The average molecular weight is 305 g/mol. The van der Waals surface area contributed by atoms with Crippen LogP contribution in [0.4, 0.5) is 5.69 Å². The first kappa shape index (κ1) is 14.9. The molecule has 2 nitrogen and oxygen atoms in total. The van der Waals surface area contributed by atoms with Crippen LogP contribution in [0.25, 0.3) is 0 Å². The predicted octanol–water partition coefficient (Wildman–Crippen LogP) is 4.98. The Bertz CT molecular complexity index is 597. The fraction of sp³-hybridized carbons (Fsp3) is 0.188. The van der Waals surface area contributed by atoms with Gasteiger partial charge < -0.3 is 0 Å². The van der Waals surface area contributed by atoms with Crippen molar-refractivity contribution in [3.63, 3.8) is 0 Å². The van der Waals surface area contributed by atoms with E-state index in [0.717, 1.165) is 17.7 Å². The average Bonchev–Trinajstić information content (AvgIpc) is 2.53. The summed E-state index contributed by atoms with van der Waals surface area (Å²) >= 11 is 7.89. The third kappa shape index (κ3) is 3.78. The van der Waals surface area contributed by atoms with E-state index < -0.39 is 0 Å². The molecule has 0 aliphatic carbocycles. The van der Waals surface area contributed by atoms with Gasteiger partial charge in [-0.3, -0.25) is 5.43 Å². The molecule has 2 rings (SSSR count). The number of aryl methyl sites for hydroxylation is 1. The highest BCUT2D eigenvalue weighted by Crippen LogP contribution is 2.27. The van der Waals surface area contributed by atoms with Crippen LogP contribution in [-0.4, -0.2) is 11.4 Å². The molecule has 0 saturated heterocycles. The zero-order chi connectivity index (χ0) is 14.4. The molecule has 0 unspecified atom stereocenters. The maximum absolute atomic E-state index is 6.19. The van der Waals surface area contributed by atoms with Gasteiger partial charge in [0.2, 0.25) is 0 Å². The summed E-state index contributed by atoms with van der Waals surface area (Å²) < 4.78 is 0. The second-order valence-electron chi connectivity index (χ2n) is 4.27. The summed E-state index contributed by atoms with van der Waals surface area (Å²) in [5, 5.41) is 4.70. The van der Waals surface area contributed by atoms with Gasteiger partial charge in [-0.1, -0.05) is 54.9 Å². The fourth-order valence-electron chi connectivity index (χ4n) is 1.80. The molecule has 0 spiro atoms. The minimum Gasteiger partial charge on any atom is -0.276 e. The van der Waals surface area contributed by atoms with Gasteiger partial charge in [0.15, 0.2) is 5.17 Å². The highest BCUT2D eigenvalue weighted by Gasteiger charge is 2.03. The molecule has 1 N–H and O–H groups in total. The molecule has 0 saturated carbocycles. The molecule has 2 aromatic rings. The number of rotatable bonds is 5. The molecule has 20 heavy (non-hydrogen) atoms. The summed E-state index contributed by atoms with van der Waals surface area (Å²) in [7, 11) is 0. The van der Waals surface area contributed by atoms with Crippen molar-refractivity contribution in [1.29, 1.82) is 0 Å². The smallest absolute Gasteiger partial charge is 0.156 e. The number of benzene rings is 2. The highest BCUT2D eigenvalue weighted by atomic mass is 35.5. The lowest BCUT2D eigenvalue weighted by molar-refractivity contribution is 1.12. The number of hydrogen-bond acceptors (Lipinski definition) is 3. The van der Waals surface area contributed by atoms with E-state index in [2.05, 4.69) is 35.8 Å². The van der Waals surface area contributed by atoms with Crippen molar-refractivity contribution < 1.29 is 0 Å². The van der Waals surface area contributed by atoms with Crippen molar-refractivity contribution in [2.45, 2.75) is 18.2 Å². The number of nitrogens with one attached hydrogen (secondary N) is 1. The number of thioether (sulfide) groups is 1. The Balaban J connectivity index is 2.18. The molecule has 0 amide bonds. The summed E-state index contributed by atoms with van der Waals surface area (Å²) in [6, 6.07) is 16.0. The largest absolute Gasteiger partial charge is 0.276 e. The second kappa shape index (κ2) is 7.36. The predicted molar refractivity (Wildman–Crippen MR) is 90.1 cm³/mol. The van der Waals surface area contributed by atoms with Crippen molar-refractivity contribution in [1.82, 2.24) is 0 Å². The van der Waals surface area contributed by atoms with Crippen LogP contribution in [0, 0.1) is 0 Å². The van der Waals surface area contributed by atoms with E-state index in [1.54, 1.807) is 11.8 Å². The van der Waals surface area contributed by atoms with Gasteiger partial charge in [-0.15, -0.1) is 11.8 Å². The number of hydrazone groups is 1. The van der Waals surface area contributed by atoms with Crippen LogP contribution < -0.4 is 5.43 Å². The molecule has 0 fully saturated rings. The third-order valence-electron chi connectivity index (χ3n) is 2.96. The van der Waals surface area contributed by atoms with Crippen LogP contribution in [-0.2, 0) is 6.42 Å². The van der Waals surface area contributed by atoms with E-state index in [1.165, 1.54) is 10.5 Å². The van der Waals surface area contributed by atoms with Crippen LogP contribution in [0.1, 0.15) is 18.1 Å². The summed E-state index contributed by atoms with van der Waals surface area (Å²) in [5.41, 5.74) is 6.24. The molecular formula is C16H17ClN2S. The number of anilines is 1. The van der Waals surface area contributed by atoms with Crippen molar-refractivity contribution >= 4 is 34.2 Å². The van der Waals surface area contributed by atoms with Gasteiger partial charge in [0.1, 0.15) is 0 Å². The molecule has 0 bridgehead atoms. The monoisotopic (exact) mass is 304 g/mol. The minimum absolute atomic E-state index is 0.456. The summed E-state index contributed by atoms with van der Waals surface area (Å²) in [6.45, 7) is 2.15. The highest BCUT2D eigenvalue weighted by molar-refractivity contribution is 7.98. The second-order valence-corrected chi connectivity index (χ2v) is 5.47. The first-order chi connectivity index (χ1) is 9.74. The van der Waals surface area contributed by atoms with E-state index in [4.69, 9.17) is 11.6 Å². The Morgan fingerprint density at radius 1 is 1.20 bits per heavy atom. The molecule has 0 aliphatic heterocycles. The minimum atomic E-state index is 0.456. The number of hydrogen-bond donors (Lipinski definition) is 1. The van der Waals surface area contributed by atoms with Gasteiger partial charge in [0, 0.05) is 10.5 Å². The number of nitrogens with zero attached hydrogens (tertiary/aromatic N) is 1. The van der Waals surface area contributed by atoms with Crippen LogP contribution in [0.3, 0.4) is 0 Å². The molecular weight excluding hydrogens is 288 g/mol. The van der Waals surface area contributed by atoms with Crippen molar-refractivity contribution in [3.8, 4) is 0 Å². The standard InChI is InChI=1S/C16H17ClN2S/c1-3-12-9-10-14(15(11-12)20-2)18-19-16(17)13-7-5-4-6-8-13/h4-11,18H,3H2,1-2H3. The maximum atomic E-state index is 6.19. The van der Waals surface area contributed by atoms with E-state index in [9.17, 15) is 0 Å². The first-order valence-electron chi connectivity index (χ1n) is 6.46. The lowest BCUT2D eigenvalue weighted by Crippen LogP contribution is -1.98. The molecule has 0 radical (unpaired) electrons. The molecule has 0 heterocycles. The van der Waals surface area contributed by atoms with E-state index in [1.807, 2.05) is 36.4 Å². The third-order valence-corrected chi connectivity index (χ3v) is 4.04. The quantitative estimate of drug-likeness (QED) is 0.478. The van der Waals surface area contributed by atoms with E-state index >= 15 is 0 Å². The van der Waals surface area contributed by atoms with Gasteiger partial charge in [-0.25, -0.2) is 0 Å². The topological polar surface area (TPSA) is 24.4 Å². The molecule has 0 aromatic heterocycles. The van der Waals surface area contributed by atoms with Crippen molar-refractivity contribution in [2.75, 3.05) is 11.7 Å². The van der Waals surface area contributed by atoms with Gasteiger partial charge in [0.25, 0.3) is 0 Å².